The molecule has 146 valence electrons. The van der Waals surface area contributed by atoms with Crippen molar-refractivity contribution in [2.75, 3.05) is 5.73 Å². The Hall–Kier alpha value is -3.61. The number of hydrogen-bond donors (Lipinski definition) is 3. The second-order valence-corrected chi connectivity index (χ2v) is 7.67. The van der Waals surface area contributed by atoms with Gasteiger partial charge in [-0.2, -0.15) is 5.10 Å². The number of carbonyl (C=O) groups is 1. The molecule has 0 atom stereocenters. The van der Waals surface area contributed by atoms with Crippen LogP contribution in [-0.4, -0.2) is 25.7 Å². The summed E-state index contributed by atoms with van der Waals surface area (Å²) in [5.41, 5.74) is 18.4. The molecule has 0 radical (unpaired) electrons. The normalized spacial score (nSPS) is 14.0. The number of nitrogens with two attached hydrogens (primary N) is 2. The van der Waals surface area contributed by atoms with E-state index in [1.165, 1.54) is 0 Å². The predicted molar refractivity (Wildman–Crippen MR) is 114 cm³/mol. The van der Waals surface area contributed by atoms with Crippen LogP contribution in [0.25, 0.3) is 27.5 Å². The van der Waals surface area contributed by atoms with E-state index in [4.69, 9.17) is 16.5 Å². The lowest BCUT2D eigenvalue weighted by Gasteiger charge is -2.16. The van der Waals surface area contributed by atoms with Crippen molar-refractivity contribution in [3.05, 3.63) is 59.6 Å². The van der Waals surface area contributed by atoms with Crippen LogP contribution < -0.4 is 11.5 Å². The highest BCUT2D eigenvalue weighted by Crippen LogP contribution is 2.44. The molecule has 5 rings (SSSR count). The highest BCUT2D eigenvalue weighted by molar-refractivity contribution is 6.13. The number of benzene rings is 1. The highest BCUT2D eigenvalue weighted by Gasteiger charge is 2.31. The summed E-state index contributed by atoms with van der Waals surface area (Å²) in [6.45, 7) is 5.96. The van der Waals surface area contributed by atoms with Gasteiger partial charge in [0.1, 0.15) is 5.82 Å². The van der Waals surface area contributed by atoms with Crippen LogP contribution in [0.15, 0.2) is 37.2 Å². The minimum atomic E-state index is -0.561. The second kappa shape index (κ2) is 6.20. The molecule has 1 saturated carbocycles. The quantitative estimate of drug-likeness (QED) is 0.455. The fraction of sp³-hybridized carbons (Fsp3) is 0.227. The van der Waals surface area contributed by atoms with Crippen LogP contribution in [0.4, 0.5) is 5.82 Å². The Morgan fingerprint density at radius 1 is 1.34 bits per heavy atom. The molecule has 7 heteroatoms. The van der Waals surface area contributed by atoms with Gasteiger partial charge in [-0.3, -0.25) is 19.4 Å². The monoisotopic (exact) mass is 386 g/mol. The molecule has 5 N–H and O–H groups in total. The number of anilines is 1. The van der Waals surface area contributed by atoms with Gasteiger partial charge in [-0.1, -0.05) is 12.1 Å². The third-order valence-corrected chi connectivity index (χ3v) is 5.75. The molecule has 0 saturated heterocycles. The first-order valence-electron chi connectivity index (χ1n) is 9.68. The smallest absolute Gasteiger partial charge is 0.253 e. The molecular formula is C22H22N6O. The van der Waals surface area contributed by atoms with Gasteiger partial charge in [-0.15, -0.1) is 6.58 Å². The molecule has 1 aliphatic carbocycles. The van der Waals surface area contributed by atoms with E-state index in [0.29, 0.717) is 29.1 Å². The number of hydrogen-bond acceptors (Lipinski definition) is 4. The average molecular weight is 386 g/mol. The number of nitrogens with one attached hydrogen (secondary N) is 1. The first-order chi connectivity index (χ1) is 14.0. The van der Waals surface area contributed by atoms with Crippen molar-refractivity contribution in [1.29, 1.82) is 0 Å². The zero-order chi connectivity index (χ0) is 20.3. The number of H-pyrrole nitrogens is 1. The van der Waals surface area contributed by atoms with E-state index in [9.17, 15) is 4.79 Å². The molecule has 0 aliphatic heterocycles. The number of primary amides is 1. The Morgan fingerprint density at radius 2 is 2.14 bits per heavy atom. The number of nitrogen functional groups attached to an aromatic ring is 1. The molecule has 1 amide bonds. The van der Waals surface area contributed by atoms with Crippen LogP contribution >= 0.6 is 0 Å². The number of nitrogens with zero attached hydrogens (tertiary/aromatic N) is 3. The van der Waals surface area contributed by atoms with Crippen molar-refractivity contribution < 1.29 is 4.79 Å². The zero-order valence-electron chi connectivity index (χ0n) is 16.2. The first kappa shape index (κ1) is 17.5. The van der Waals surface area contributed by atoms with Gasteiger partial charge >= 0.3 is 0 Å². The standard InChI is InChI=1S/C22H22N6O/c1-3-4-13-18(12-6-7-12)25-9-15-17(22(24)29)21(23)28(20(13)15)19-11(2)5-8-16-14(19)10-26-27-16/h3,5,8-10,12H,1,4,6-7,23H2,2H3,(H2,24,29)(H,26,27). The Balaban J connectivity index is 1.99. The topological polar surface area (TPSA) is 116 Å². The van der Waals surface area contributed by atoms with Crippen LogP contribution in [0, 0.1) is 6.92 Å². The van der Waals surface area contributed by atoms with Gasteiger partial charge in [-0.05, 0) is 37.8 Å². The van der Waals surface area contributed by atoms with E-state index in [2.05, 4.69) is 16.8 Å². The number of aromatic amines is 1. The molecule has 1 aromatic carbocycles. The maximum atomic E-state index is 12.3. The summed E-state index contributed by atoms with van der Waals surface area (Å²) in [6.07, 6.45) is 8.27. The van der Waals surface area contributed by atoms with Gasteiger partial charge in [-0.25, -0.2) is 0 Å². The predicted octanol–water partition coefficient (Wildman–Crippen LogP) is 3.50. The SMILES string of the molecule is C=CCc1c(C2CC2)ncc2c(C(N)=O)c(N)n(-c3c(C)ccc4[nH]ncc34)c12. The maximum absolute atomic E-state index is 12.3. The zero-order valence-corrected chi connectivity index (χ0v) is 16.2. The molecule has 1 aliphatic rings. The molecule has 4 aromatic rings. The maximum Gasteiger partial charge on any atom is 0.253 e. The number of aromatic nitrogens is 4. The molecule has 0 unspecified atom stereocenters. The van der Waals surface area contributed by atoms with Gasteiger partial charge in [0.05, 0.1) is 28.5 Å². The highest BCUT2D eigenvalue weighted by atomic mass is 16.1. The largest absolute Gasteiger partial charge is 0.384 e. The average Bonchev–Trinajstić information content (AvgIpc) is 3.33. The van der Waals surface area contributed by atoms with E-state index in [1.54, 1.807) is 12.4 Å². The van der Waals surface area contributed by atoms with Crippen LogP contribution in [0.5, 0.6) is 0 Å². The van der Waals surface area contributed by atoms with Gasteiger partial charge < -0.3 is 11.5 Å². The number of carbonyl (C=O) groups excluding carboxylic acids is 1. The van der Waals surface area contributed by atoms with Crippen LogP contribution in [0.3, 0.4) is 0 Å². The third kappa shape index (κ3) is 2.47. The van der Waals surface area contributed by atoms with Gasteiger partial charge in [0.25, 0.3) is 5.91 Å². The molecule has 29 heavy (non-hydrogen) atoms. The van der Waals surface area contributed by atoms with E-state index in [0.717, 1.165) is 51.8 Å². The van der Waals surface area contributed by atoms with Crippen LogP contribution in [0.2, 0.25) is 0 Å². The van der Waals surface area contributed by atoms with E-state index in [-0.39, 0.29) is 0 Å². The molecule has 3 aromatic heterocycles. The van der Waals surface area contributed by atoms with Crippen LogP contribution in [-0.2, 0) is 6.42 Å². The van der Waals surface area contributed by atoms with E-state index < -0.39 is 5.91 Å². The molecule has 3 heterocycles. The fourth-order valence-corrected chi connectivity index (χ4v) is 4.32. The van der Waals surface area contributed by atoms with Gasteiger partial charge in [0.2, 0.25) is 0 Å². The summed E-state index contributed by atoms with van der Waals surface area (Å²) in [5.74, 6) is 0.208. The number of allylic oxidation sites excluding steroid dienone is 1. The van der Waals surface area contributed by atoms with E-state index in [1.807, 2.05) is 29.7 Å². The lowest BCUT2D eigenvalue weighted by atomic mass is 10.0. The second-order valence-electron chi connectivity index (χ2n) is 7.67. The van der Waals surface area contributed by atoms with Crippen molar-refractivity contribution in [1.82, 2.24) is 19.7 Å². The van der Waals surface area contributed by atoms with Crippen molar-refractivity contribution in [3.63, 3.8) is 0 Å². The van der Waals surface area contributed by atoms with Crippen molar-refractivity contribution in [2.24, 2.45) is 5.73 Å². The van der Waals surface area contributed by atoms with Crippen molar-refractivity contribution >= 4 is 33.5 Å². The summed E-state index contributed by atoms with van der Waals surface area (Å²) < 4.78 is 1.95. The fourth-order valence-electron chi connectivity index (χ4n) is 4.32. The summed E-state index contributed by atoms with van der Waals surface area (Å²) in [4.78, 5) is 17.1. The Labute approximate surface area is 167 Å². The van der Waals surface area contributed by atoms with Crippen LogP contribution in [0.1, 0.15) is 45.9 Å². The molecule has 7 nitrogen and oxygen atoms in total. The Bertz CT molecular complexity index is 1310. The molecule has 0 spiro atoms. The lowest BCUT2D eigenvalue weighted by molar-refractivity contribution is 0.100. The minimum absolute atomic E-state index is 0.306. The van der Waals surface area contributed by atoms with Gasteiger partial charge in [0.15, 0.2) is 0 Å². The Kier molecular flexibility index (Phi) is 3.74. The number of fused-ring (bicyclic) bond motifs is 2. The lowest BCUT2D eigenvalue weighted by Crippen LogP contribution is -2.14. The number of amides is 1. The van der Waals surface area contributed by atoms with Crippen molar-refractivity contribution in [2.45, 2.75) is 32.1 Å². The van der Waals surface area contributed by atoms with Gasteiger partial charge in [0, 0.05) is 34.1 Å². The van der Waals surface area contributed by atoms with E-state index >= 15 is 0 Å². The molecule has 1 fully saturated rings. The number of aryl methyl sites for hydroxylation is 1. The molecule has 0 bridgehead atoms. The molecular weight excluding hydrogens is 364 g/mol. The summed E-state index contributed by atoms with van der Waals surface area (Å²) in [5, 5.41) is 8.81. The Morgan fingerprint density at radius 3 is 2.83 bits per heavy atom. The minimum Gasteiger partial charge on any atom is -0.384 e. The first-order valence-corrected chi connectivity index (χ1v) is 9.68. The summed E-state index contributed by atoms with van der Waals surface area (Å²) in [7, 11) is 0. The summed E-state index contributed by atoms with van der Waals surface area (Å²) in [6, 6.07) is 4.00. The number of pyridine rings is 1. The third-order valence-electron chi connectivity index (χ3n) is 5.75. The number of rotatable bonds is 5. The summed E-state index contributed by atoms with van der Waals surface area (Å²) >= 11 is 0. The van der Waals surface area contributed by atoms with Crippen molar-refractivity contribution in [3.8, 4) is 5.69 Å².